The number of hydrogen-bond donors (Lipinski definition) is 1. The van der Waals surface area contributed by atoms with Gasteiger partial charge in [-0.3, -0.25) is 13.9 Å². The highest BCUT2D eigenvalue weighted by Crippen LogP contribution is 2.31. The lowest BCUT2D eigenvalue weighted by Crippen LogP contribution is -2.53. The summed E-state index contributed by atoms with van der Waals surface area (Å²) < 4.78 is 29.2. The molecule has 2 amide bonds. The van der Waals surface area contributed by atoms with Crippen molar-refractivity contribution in [3.63, 3.8) is 0 Å². The SMILES string of the molecule is CCNC(=O)C(Cc1ccccc1)N(Cc1ccc(C)cc1)C(=O)CN(c1cccc(Cl)c1C)S(=O)(=O)c1ccccc1. The zero-order valence-electron chi connectivity index (χ0n) is 24.5. The van der Waals surface area contributed by atoms with Crippen LogP contribution in [0.1, 0.15) is 29.2 Å². The number of nitrogens with zero attached hydrogens (tertiary/aromatic N) is 2. The van der Waals surface area contributed by atoms with E-state index < -0.39 is 28.5 Å². The summed E-state index contributed by atoms with van der Waals surface area (Å²) in [6, 6.07) is 29.2. The molecule has 0 fully saturated rings. The van der Waals surface area contributed by atoms with Crippen LogP contribution in [0.2, 0.25) is 5.02 Å². The third kappa shape index (κ3) is 7.83. The summed E-state index contributed by atoms with van der Waals surface area (Å²) in [5.41, 5.74) is 3.56. The van der Waals surface area contributed by atoms with Crippen LogP contribution in [0, 0.1) is 13.8 Å². The number of aryl methyl sites for hydroxylation is 1. The van der Waals surface area contributed by atoms with E-state index in [1.165, 1.54) is 17.0 Å². The molecule has 0 aromatic heterocycles. The van der Waals surface area contributed by atoms with Gasteiger partial charge >= 0.3 is 0 Å². The van der Waals surface area contributed by atoms with E-state index >= 15 is 0 Å². The Hall–Kier alpha value is -4.14. The average molecular weight is 618 g/mol. The van der Waals surface area contributed by atoms with Crippen molar-refractivity contribution in [2.45, 2.75) is 44.7 Å². The van der Waals surface area contributed by atoms with E-state index in [9.17, 15) is 18.0 Å². The molecule has 4 aromatic carbocycles. The Balaban J connectivity index is 1.81. The minimum atomic E-state index is -4.19. The van der Waals surface area contributed by atoms with Gasteiger partial charge in [0.15, 0.2) is 0 Å². The van der Waals surface area contributed by atoms with Crippen molar-refractivity contribution in [3.05, 3.63) is 130 Å². The Bertz CT molecular complexity index is 1650. The number of anilines is 1. The van der Waals surface area contributed by atoms with Crippen molar-refractivity contribution in [2.24, 2.45) is 0 Å². The molecule has 0 saturated carbocycles. The van der Waals surface area contributed by atoms with Gasteiger partial charge in [0.05, 0.1) is 10.6 Å². The van der Waals surface area contributed by atoms with Crippen LogP contribution >= 0.6 is 11.6 Å². The molecule has 4 rings (SSSR count). The number of carbonyl (C=O) groups excluding carboxylic acids is 2. The molecule has 0 heterocycles. The number of nitrogens with one attached hydrogen (secondary N) is 1. The quantitative estimate of drug-likeness (QED) is 0.214. The highest BCUT2D eigenvalue weighted by Gasteiger charge is 2.35. The minimum absolute atomic E-state index is 0.0387. The summed E-state index contributed by atoms with van der Waals surface area (Å²) in [5, 5.41) is 3.25. The van der Waals surface area contributed by atoms with E-state index in [1.807, 2.05) is 68.4 Å². The number of likely N-dealkylation sites (N-methyl/N-ethyl adjacent to an activating group) is 1. The Morgan fingerprint density at radius 2 is 1.44 bits per heavy atom. The smallest absolute Gasteiger partial charge is 0.264 e. The molecule has 0 radical (unpaired) electrons. The van der Waals surface area contributed by atoms with E-state index in [2.05, 4.69) is 5.32 Å². The topological polar surface area (TPSA) is 86.8 Å². The highest BCUT2D eigenvalue weighted by molar-refractivity contribution is 7.92. The number of halogens is 1. The van der Waals surface area contributed by atoms with Crippen LogP contribution in [0.3, 0.4) is 0 Å². The third-order valence-corrected chi connectivity index (χ3v) is 9.40. The summed E-state index contributed by atoms with van der Waals surface area (Å²) in [4.78, 5) is 29.5. The summed E-state index contributed by atoms with van der Waals surface area (Å²) in [5.74, 6) is -0.838. The molecule has 224 valence electrons. The molecular weight excluding hydrogens is 582 g/mol. The highest BCUT2D eigenvalue weighted by atomic mass is 35.5. The van der Waals surface area contributed by atoms with Crippen molar-refractivity contribution in [2.75, 3.05) is 17.4 Å². The molecule has 1 N–H and O–H groups in total. The van der Waals surface area contributed by atoms with Gasteiger partial charge in [0.2, 0.25) is 11.8 Å². The van der Waals surface area contributed by atoms with Gasteiger partial charge < -0.3 is 10.2 Å². The van der Waals surface area contributed by atoms with Gasteiger partial charge in [-0.15, -0.1) is 0 Å². The molecule has 7 nitrogen and oxygen atoms in total. The second-order valence-corrected chi connectivity index (χ2v) is 12.6. The maximum atomic E-state index is 14.4. The predicted molar refractivity (Wildman–Crippen MR) is 172 cm³/mol. The zero-order valence-corrected chi connectivity index (χ0v) is 26.1. The molecule has 0 spiro atoms. The van der Waals surface area contributed by atoms with Crippen LogP contribution in [0.25, 0.3) is 0 Å². The molecule has 0 aliphatic heterocycles. The Labute approximate surface area is 259 Å². The van der Waals surface area contributed by atoms with E-state index in [1.54, 1.807) is 43.3 Å². The average Bonchev–Trinajstić information content (AvgIpc) is 3.01. The van der Waals surface area contributed by atoms with Gasteiger partial charge in [0.1, 0.15) is 12.6 Å². The molecule has 1 atom stereocenters. The first-order chi connectivity index (χ1) is 20.6. The fourth-order valence-electron chi connectivity index (χ4n) is 4.84. The normalized spacial score (nSPS) is 11.9. The maximum absolute atomic E-state index is 14.4. The van der Waals surface area contributed by atoms with Gasteiger partial charge in [-0.25, -0.2) is 8.42 Å². The minimum Gasteiger partial charge on any atom is -0.355 e. The summed E-state index contributed by atoms with van der Waals surface area (Å²) in [6.45, 7) is 5.47. The third-order valence-electron chi connectivity index (χ3n) is 7.21. The largest absolute Gasteiger partial charge is 0.355 e. The van der Waals surface area contributed by atoms with E-state index in [-0.39, 0.29) is 29.5 Å². The van der Waals surface area contributed by atoms with Crippen molar-refractivity contribution in [1.29, 1.82) is 0 Å². The molecule has 43 heavy (non-hydrogen) atoms. The van der Waals surface area contributed by atoms with Crippen LogP contribution in [-0.2, 0) is 32.6 Å². The summed E-state index contributed by atoms with van der Waals surface area (Å²) in [7, 11) is -4.19. The monoisotopic (exact) mass is 617 g/mol. The van der Waals surface area contributed by atoms with Gasteiger partial charge in [-0.2, -0.15) is 0 Å². The number of carbonyl (C=O) groups is 2. The molecular formula is C34H36ClN3O4S. The number of hydrogen-bond acceptors (Lipinski definition) is 4. The first-order valence-electron chi connectivity index (χ1n) is 14.1. The lowest BCUT2D eigenvalue weighted by Gasteiger charge is -2.34. The van der Waals surface area contributed by atoms with E-state index in [4.69, 9.17) is 11.6 Å². The summed E-state index contributed by atoms with van der Waals surface area (Å²) >= 11 is 6.42. The Morgan fingerprint density at radius 1 is 0.814 bits per heavy atom. The second kappa shape index (κ2) is 14.4. The van der Waals surface area contributed by atoms with Crippen LogP contribution in [0.15, 0.2) is 108 Å². The van der Waals surface area contributed by atoms with Crippen molar-refractivity contribution in [3.8, 4) is 0 Å². The number of sulfonamides is 1. The molecule has 0 saturated heterocycles. The van der Waals surface area contributed by atoms with E-state index in [0.717, 1.165) is 21.0 Å². The van der Waals surface area contributed by atoms with Crippen LogP contribution < -0.4 is 9.62 Å². The molecule has 0 aliphatic carbocycles. The summed E-state index contributed by atoms with van der Waals surface area (Å²) in [6.07, 6.45) is 0.256. The fraction of sp³-hybridized carbons (Fsp3) is 0.235. The predicted octanol–water partition coefficient (Wildman–Crippen LogP) is 5.93. The molecule has 0 aliphatic rings. The molecule has 9 heteroatoms. The van der Waals surface area contributed by atoms with Gasteiger partial charge in [0.25, 0.3) is 10.0 Å². The lowest BCUT2D eigenvalue weighted by atomic mass is 10.0. The number of benzene rings is 4. The van der Waals surface area contributed by atoms with Crippen molar-refractivity contribution < 1.29 is 18.0 Å². The van der Waals surface area contributed by atoms with Crippen LogP contribution in [-0.4, -0.2) is 44.3 Å². The first kappa shape index (κ1) is 31.8. The molecule has 4 aromatic rings. The lowest BCUT2D eigenvalue weighted by molar-refractivity contribution is -0.140. The van der Waals surface area contributed by atoms with Gasteiger partial charge in [-0.1, -0.05) is 96.0 Å². The zero-order chi connectivity index (χ0) is 31.0. The first-order valence-corrected chi connectivity index (χ1v) is 15.9. The van der Waals surface area contributed by atoms with Gasteiger partial charge in [0, 0.05) is 24.5 Å². The standard InChI is InChI=1S/C34H36ClN3O4S/c1-4-36-34(40)32(22-27-12-7-5-8-13-27)37(23-28-20-18-25(2)19-21-28)33(39)24-38(31-17-11-16-30(35)26(31)3)43(41,42)29-14-9-6-10-15-29/h5-21,32H,4,22-24H2,1-3H3,(H,36,40). The Kier molecular flexibility index (Phi) is 10.6. The molecule has 0 bridgehead atoms. The van der Waals surface area contributed by atoms with Crippen molar-refractivity contribution >= 4 is 39.1 Å². The number of amides is 2. The van der Waals surface area contributed by atoms with E-state index in [0.29, 0.717) is 17.1 Å². The Morgan fingerprint density at radius 3 is 2.07 bits per heavy atom. The molecule has 1 unspecified atom stereocenters. The van der Waals surface area contributed by atoms with Crippen molar-refractivity contribution in [1.82, 2.24) is 10.2 Å². The fourth-order valence-corrected chi connectivity index (χ4v) is 6.50. The van der Waals surface area contributed by atoms with Crippen LogP contribution in [0.4, 0.5) is 5.69 Å². The van der Waals surface area contributed by atoms with Crippen LogP contribution in [0.5, 0.6) is 0 Å². The second-order valence-electron chi connectivity index (χ2n) is 10.3. The van der Waals surface area contributed by atoms with Gasteiger partial charge in [-0.05, 0) is 61.7 Å². The maximum Gasteiger partial charge on any atom is 0.264 e. The number of rotatable bonds is 12.